The van der Waals surface area contributed by atoms with Crippen LogP contribution in [0.3, 0.4) is 0 Å². The first-order chi connectivity index (χ1) is 9.05. The van der Waals surface area contributed by atoms with Crippen molar-refractivity contribution in [1.29, 1.82) is 0 Å². The summed E-state index contributed by atoms with van der Waals surface area (Å²) in [4.78, 5) is 12.2. The molecule has 1 amide bonds. The van der Waals surface area contributed by atoms with E-state index in [1.54, 1.807) is 0 Å². The maximum absolute atomic E-state index is 12.2. The summed E-state index contributed by atoms with van der Waals surface area (Å²) < 4.78 is 1.97. The Morgan fingerprint density at radius 2 is 1.95 bits per heavy atom. The number of nitrogens with zero attached hydrogens (tertiary/aromatic N) is 2. The minimum atomic E-state index is -0.592. The Balaban J connectivity index is 2.42. The molecule has 114 valence electrons. The van der Waals surface area contributed by atoms with Gasteiger partial charge >= 0.3 is 0 Å². The topological polar surface area (TPSA) is 72.9 Å². The number of nitrogens with two attached hydrogens (primary N) is 1. The van der Waals surface area contributed by atoms with Crippen LogP contribution >= 0.6 is 0 Å². The average Bonchev–Trinajstić information content (AvgIpc) is 2.61. The number of carbonyl (C=O) groups is 1. The SMILES string of the molecule is Cc1cc(C)n(CCCNC(=O)C(C)(C)C(C)(C)N)n1. The summed E-state index contributed by atoms with van der Waals surface area (Å²) in [7, 11) is 0. The molecule has 1 heterocycles. The van der Waals surface area contributed by atoms with Gasteiger partial charge in [0.05, 0.1) is 11.1 Å². The highest BCUT2D eigenvalue weighted by molar-refractivity contribution is 5.83. The zero-order valence-corrected chi connectivity index (χ0v) is 13.6. The molecule has 0 aliphatic carbocycles. The molecule has 5 heteroatoms. The summed E-state index contributed by atoms with van der Waals surface area (Å²) in [5, 5.41) is 7.36. The molecule has 5 nitrogen and oxygen atoms in total. The molecule has 0 saturated heterocycles. The predicted octanol–water partition coefficient (Wildman–Crippen LogP) is 1.77. The van der Waals surface area contributed by atoms with Gasteiger partial charge in [0, 0.05) is 24.3 Å². The lowest BCUT2D eigenvalue weighted by atomic mass is 9.74. The molecule has 0 aliphatic heterocycles. The Morgan fingerprint density at radius 1 is 1.35 bits per heavy atom. The lowest BCUT2D eigenvalue weighted by molar-refractivity contribution is -0.132. The Bertz CT molecular complexity index is 469. The Labute approximate surface area is 121 Å². The van der Waals surface area contributed by atoms with Gasteiger partial charge in [-0.25, -0.2) is 0 Å². The molecule has 1 aromatic rings. The Kier molecular flexibility index (Phi) is 4.97. The lowest BCUT2D eigenvalue weighted by Crippen LogP contribution is -2.55. The number of hydrogen-bond donors (Lipinski definition) is 2. The zero-order chi connectivity index (χ0) is 15.6. The summed E-state index contributed by atoms with van der Waals surface area (Å²) in [5.41, 5.74) is 7.09. The molecule has 20 heavy (non-hydrogen) atoms. The van der Waals surface area contributed by atoms with Crippen LogP contribution < -0.4 is 11.1 Å². The number of aromatic nitrogens is 2. The Morgan fingerprint density at radius 3 is 2.40 bits per heavy atom. The van der Waals surface area contributed by atoms with Crippen molar-refractivity contribution in [3.8, 4) is 0 Å². The minimum Gasteiger partial charge on any atom is -0.356 e. The monoisotopic (exact) mass is 280 g/mol. The van der Waals surface area contributed by atoms with E-state index < -0.39 is 11.0 Å². The van der Waals surface area contributed by atoms with Crippen molar-refractivity contribution >= 4 is 5.91 Å². The van der Waals surface area contributed by atoms with E-state index in [1.165, 1.54) is 0 Å². The number of hydrogen-bond acceptors (Lipinski definition) is 3. The largest absolute Gasteiger partial charge is 0.356 e. The summed E-state index contributed by atoms with van der Waals surface area (Å²) in [6, 6.07) is 2.05. The third-order valence-electron chi connectivity index (χ3n) is 4.11. The number of carbonyl (C=O) groups excluding carboxylic acids is 1. The lowest BCUT2D eigenvalue weighted by Gasteiger charge is -2.36. The van der Waals surface area contributed by atoms with Crippen molar-refractivity contribution in [2.24, 2.45) is 11.1 Å². The molecule has 0 bridgehead atoms. The second-order valence-corrected chi connectivity index (χ2v) is 6.61. The van der Waals surface area contributed by atoms with E-state index in [-0.39, 0.29) is 5.91 Å². The fourth-order valence-electron chi connectivity index (χ4n) is 1.85. The van der Waals surface area contributed by atoms with E-state index >= 15 is 0 Å². The number of nitrogens with one attached hydrogen (secondary N) is 1. The Hall–Kier alpha value is -1.36. The smallest absolute Gasteiger partial charge is 0.227 e. The first-order valence-electron chi connectivity index (χ1n) is 7.14. The van der Waals surface area contributed by atoms with Crippen LogP contribution in [0, 0.1) is 19.3 Å². The van der Waals surface area contributed by atoms with Gasteiger partial charge in [-0.3, -0.25) is 9.48 Å². The fraction of sp³-hybridized carbons (Fsp3) is 0.733. The molecule has 3 N–H and O–H groups in total. The molecule has 0 aromatic carbocycles. The zero-order valence-electron chi connectivity index (χ0n) is 13.6. The van der Waals surface area contributed by atoms with Crippen LogP contribution in [0.5, 0.6) is 0 Å². The van der Waals surface area contributed by atoms with Gasteiger partial charge in [-0.15, -0.1) is 0 Å². The van der Waals surface area contributed by atoms with Crippen molar-refractivity contribution in [3.63, 3.8) is 0 Å². The molecule has 0 fully saturated rings. The van der Waals surface area contributed by atoms with E-state index in [4.69, 9.17) is 5.73 Å². The normalized spacial score (nSPS) is 12.6. The number of rotatable bonds is 6. The molecular formula is C15H28N4O. The van der Waals surface area contributed by atoms with Crippen LogP contribution in [-0.4, -0.2) is 27.8 Å². The van der Waals surface area contributed by atoms with E-state index in [0.29, 0.717) is 6.54 Å². The van der Waals surface area contributed by atoms with E-state index in [9.17, 15) is 4.79 Å². The van der Waals surface area contributed by atoms with E-state index in [1.807, 2.05) is 46.2 Å². The van der Waals surface area contributed by atoms with E-state index in [2.05, 4.69) is 16.5 Å². The summed E-state index contributed by atoms with van der Waals surface area (Å²) in [6.45, 7) is 13.0. The molecule has 0 aliphatic rings. The summed E-state index contributed by atoms with van der Waals surface area (Å²) in [5.74, 6) is -0.00151. The van der Waals surface area contributed by atoms with Crippen LogP contribution in [0.4, 0.5) is 0 Å². The number of amides is 1. The average molecular weight is 280 g/mol. The van der Waals surface area contributed by atoms with E-state index in [0.717, 1.165) is 24.4 Å². The summed E-state index contributed by atoms with van der Waals surface area (Å²) in [6.07, 6.45) is 0.856. The molecule has 1 aromatic heterocycles. The van der Waals surface area contributed by atoms with Gasteiger partial charge in [0.15, 0.2) is 0 Å². The van der Waals surface area contributed by atoms with Crippen molar-refractivity contribution in [3.05, 3.63) is 17.5 Å². The van der Waals surface area contributed by atoms with Crippen molar-refractivity contribution in [1.82, 2.24) is 15.1 Å². The van der Waals surface area contributed by atoms with Crippen LogP contribution in [0.15, 0.2) is 6.07 Å². The molecule has 0 radical (unpaired) electrons. The van der Waals surface area contributed by atoms with Gasteiger partial charge in [-0.05, 0) is 54.0 Å². The number of aryl methyl sites for hydroxylation is 3. The van der Waals surface area contributed by atoms with Gasteiger partial charge in [0.25, 0.3) is 0 Å². The highest BCUT2D eigenvalue weighted by Gasteiger charge is 2.40. The highest BCUT2D eigenvalue weighted by atomic mass is 16.2. The van der Waals surface area contributed by atoms with Gasteiger partial charge in [0.1, 0.15) is 0 Å². The standard InChI is InChI=1S/C15H28N4O/c1-11-10-12(2)19(18-11)9-7-8-17-13(20)14(3,4)15(5,6)16/h10H,7-9,16H2,1-6H3,(H,17,20). The predicted molar refractivity (Wildman–Crippen MR) is 81.4 cm³/mol. The highest BCUT2D eigenvalue weighted by Crippen LogP contribution is 2.28. The first kappa shape index (κ1) is 16.7. The molecule has 1 rings (SSSR count). The van der Waals surface area contributed by atoms with Crippen LogP contribution in [-0.2, 0) is 11.3 Å². The van der Waals surface area contributed by atoms with Crippen LogP contribution in [0.2, 0.25) is 0 Å². The fourth-order valence-corrected chi connectivity index (χ4v) is 1.85. The van der Waals surface area contributed by atoms with Gasteiger partial charge in [-0.1, -0.05) is 0 Å². The van der Waals surface area contributed by atoms with Crippen LogP contribution in [0.1, 0.15) is 45.5 Å². The maximum atomic E-state index is 12.2. The maximum Gasteiger partial charge on any atom is 0.227 e. The minimum absolute atomic E-state index is 0.00151. The quantitative estimate of drug-likeness (QED) is 0.780. The van der Waals surface area contributed by atoms with Gasteiger partial charge < -0.3 is 11.1 Å². The van der Waals surface area contributed by atoms with Crippen molar-refractivity contribution in [2.75, 3.05) is 6.54 Å². The third-order valence-corrected chi connectivity index (χ3v) is 4.11. The third kappa shape index (κ3) is 3.82. The van der Waals surface area contributed by atoms with Crippen molar-refractivity contribution in [2.45, 2.75) is 60.0 Å². The molecule has 0 spiro atoms. The van der Waals surface area contributed by atoms with Gasteiger partial charge in [-0.2, -0.15) is 5.10 Å². The second-order valence-electron chi connectivity index (χ2n) is 6.61. The van der Waals surface area contributed by atoms with Crippen LogP contribution in [0.25, 0.3) is 0 Å². The molecule has 0 atom stereocenters. The van der Waals surface area contributed by atoms with Gasteiger partial charge in [0.2, 0.25) is 5.91 Å². The molecule has 0 unspecified atom stereocenters. The molecule has 0 saturated carbocycles. The summed E-state index contributed by atoms with van der Waals surface area (Å²) >= 11 is 0. The van der Waals surface area contributed by atoms with Crippen molar-refractivity contribution < 1.29 is 4.79 Å². The first-order valence-corrected chi connectivity index (χ1v) is 7.14. The second kappa shape index (κ2) is 5.95. The molecular weight excluding hydrogens is 252 g/mol.